The first-order valence-corrected chi connectivity index (χ1v) is 10.2. The first-order chi connectivity index (χ1) is 14.1. The van der Waals surface area contributed by atoms with Crippen LogP contribution in [0.3, 0.4) is 0 Å². The number of benzene rings is 1. The quantitative estimate of drug-likeness (QED) is 0.566. The molecular weight excluding hydrogens is 364 g/mol. The summed E-state index contributed by atoms with van der Waals surface area (Å²) in [5.41, 5.74) is 2.18. The van der Waals surface area contributed by atoms with Crippen LogP contribution in [0.4, 0.5) is 0 Å². The number of hydrogen-bond acceptors (Lipinski definition) is 3. The van der Waals surface area contributed by atoms with Gasteiger partial charge in [0.2, 0.25) is 5.82 Å². The first kappa shape index (κ1) is 20.6. The van der Waals surface area contributed by atoms with Gasteiger partial charge >= 0.3 is 0 Å². The number of rotatable bonds is 9. The highest BCUT2D eigenvalue weighted by Gasteiger charge is 2.23. The second-order valence-electron chi connectivity index (χ2n) is 7.17. The number of imidazole rings is 1. The number of unbranched alkanes of at least 4 members (excludes halogenated alkanes) is 1. The minimum atomic E-state index is -0.253. The zero-order valence-corrected chi connectivity index (χ0v) is 17.1. The summed E-state index contributed by atoms with van der Waals surface area (Å²) in [6, 6.07) is 15.7. The Morgan fingerprint density at radius 3 is 2.59 bits per heavy atom. The van der Waals surface area contributed by atoms with Gasteiger partial charge in [-0.05, 0) is 37.0 Å². The maximum atomic E-state index is 12.8. The van der Waals surface area contributed by atoms with Crippen LogP contribution in [0.1, 0.15) is 52.9 Å². The SMILES string of the molecule is CCCCN(C)C(=O)c1nc(C(=O)NCCCc2ccccc2)c2ccccn12. The minimum absolute atomic E-state index is 0.178. The van der Waals surface area contributed by atoms with Crippen molar-refractivity contribution >= 4 is 17.3 Å². The Kier molecular flexibility index (Phi) is 7.00. The number of aryl methyl sites for hydroxylation is 1. The zero-order chi connectivity index (χ0) is 20.6. The lowest BCUT2D eigenvalue weighted by atomic mass is 10.1. The number of fused-ring (bicyclic) bond motifs is 1. The molecule has 29 heavy (non-hydrogen) atoms. The third-order valence-corrected chi connectivity index (χ3v) is 4.92. The van der Waals surface area contributed by atoms with Gasteiger partial charge in [-0.3, -0.25) is 14.0 Å². The van der Waals surface area contributed by atoms with Gasteiger partial charge in [-0.1, -0.05) is 49.7 Å². The molecule has 6 nitrogen and oxygen atoms in total. The van der Waals surface area contributed by atoms with Crippen molar-refractivity contribution in [2.75, 3.05) is 20.1 Å². The third kappa shape index (κ3) is 5.02. The molecule has 0 aliphatic rings. The lowest BCUT2D eigenvalue weighted by Crippen LogP contribution is -2.29. The van der Waals surface area contributed by atoms with E-state index in [9.17, 15) is 9.59 Å². The molecule has 2 amide bonds. The van der Waals surface area contributed by atoms with E-state index in [1.54, 1.807) is 22.5 Å². The number of aromatic nitrogens is 2. The average Bonchev–Trinajstić information content (AvgIpc) is 3.15. The van der Waals surface area contributed by atoms with Gasteiger partial charge in [0, 0.05) is 26.3 Å². The average molecular weight is 393 g/mol. The Morgan fingerprint density at radius 1 is 1.07 bits per heavy atom. The zero-order valence-electron chi connectivity index (χ0n) is 17.1. The summed E-state index contributed by atoms with van der Waals surface area (Å²) in [5, 5.41) is 2.94. The van der Waals surface area contributed by atoms with Gasteiger partial charge in [-0.15, -0.1) is 0 Å². The van der Waals surface area contributed by atoms with E-state index in [1.165, 1.54) is 5.56 Å². The molecule has 0 unspecified atom stereocenters. The van der Waals surface area contributed by atoms with Crippen LogP contribution in [0, 0.1) is 0 Å². The van der Waals surface area contributed by atoms with E-state index in [0.717, 1.165) is 25.7 Å². The fraction of sp³-hybridized carbons (Fsp3) is 0.348. The molecule has 2 aromatic heterocycles. The summed E-state index contributed by atoms with van der Waals surface area (Å²) in [6.45, 7) is 3.31. The van der Waals surface area contributed by atoms with Crippen molar-refractivity contribution in [3.8, 4) is 0 Å². The second-order valence-corrected chi connectivity index (χ2v) is 7.17. The molecule has 0 saturated heterocycles. The standard InChI is InChI=1S/C23H28N4O2/c1-3-4-16-26(2)23(29)21-25-20(19-14-8-9-17-27(19)21)22(28)24-15-10-13-18-11-6-5-7-12-18/h5-9,11-12,14,17H,3-4,10,13,15-16H2,1-2H3,(H,24,28). The van der Waals surface area contributed by atoms with Gasteiger partial charge < -0.3 is 10.2 Å². The highest BCUT2D eigenvalue weighted by atomic mass is 16.2. The molecule has 0 radical (unpaired) electrons. The molecule has 6 heteroatoms. The smallest absolute Gasteiger partial charge is 0.289 e. The molecule has 2 heterocycles. The van der Waals surface area contributed by atoms with Crippen molar-refractivity contribution < 1.29 is 9.59 Å². The number of amides is 2. The number of nitrogens with zero attached hydrogens (tertiary/aromatic N) is 3. The van der Waals surface area contributed by atoms with Crippen molar-refractivity contribution in [2.45, 2.75) is 32.6 Å². The van der Waals surface area contributed by atoms with Crippen LogP contribution in [-0.4, -0.2) is 46.2 Å². The summed E-state index contributed by atoms with van der Waals surface area (Å²) >= 11 is 0. The van der Waals surface area contributed by atoms with E-state index in [1.807, 2.05) is 36.4 Å². The Balaban J connectivity index is 1.70. The third-order valence-electron chi connectivity index (χ3n) is 4.92. The summed E-state index contributed by atoms with van der Waals surface area (Å²) < 4.78 is 1.70. The van der Waals surface area contributed by atoms with Crippen LogP contribution in [0.15, 0.2) is 54.7 Å². The van der Waals surface area contributed by atoms with E-state index in [4.69, 9.17) is 0 Å². The molecule has 0 bridgehead atoms. The van der Waals surface area contributed by atoms with E-state index >= 15 is 0 Å². The molecule has 3 aromatic rings. The van der Waals surface area contributed by atoms with Crippen molar-refractivity contribution in [3.05, 3.63) is 71.8 Å². The number of pyridine rings is 1. The molecule has 1 N–H and O–H groups in total. The molecule has 0 saturated carbocycles. The number of carbonyl (C=O) groups is 2. The van der Waals surface area contributed by atoms with E-state index in [2.05, 4.69) is 29.4 Å². The molecule has 1 aromatic carbocycles. The molecule has 152 valence electrons. The van der Waals surface area contributed by atoms with Gasteiger partial charge in [0.25, 0.3) is 11.8 Å². The van der Waals surface area contributed by atoms with Crippen molar-refractivity contribution in [1.29, 1.82) is 0 Å². The van der Waals surface area contributed by atoms with Gasteiger partial charge in [-0.25, -0.2) is 4.98 Å². The van der Waals surface area contributed by atoms with Crippen molar-refractivity contribution in [2.24, 2.45) is 0 Å². The monoisotopic (exact) mass is 392 g/mol. The number of hydrogen-bond donors (Lipinski definition) is 1. The topological polar surface area (TPSA) is 66.7 Å². The van der Waals surface area contributed by atoms with Crippen molar-refractivity contribution in [1.82, 2.24) is 19.6 Å². The van der Waals surface area contributed by atoms with Crippen LogP contribution in [-0.2, 0) is 6.42 Å². The summed E-state index contributed by atoms with van der Waals surface area (Å²) in [4.78, 5) is 31.6. The van der Waals surface area contributed by atoms with Crippen LogP contribution in [0.2, 0.25) is 0 Å². The Morgan fingerprint density at radius 2 is 1.83 bits per heavy atom. The normalized spacial score (nSPS) is 10.8. The predicted molar refractivity (Wildman–Crippen MR) is 114 cm³/mol. The highest BCUT2D eigenvalue weighted by molar-refractivity contribution is 6.02. The maximum absolute atomic E-state index is 12.8. The van der Waals surface area contributed by atoms with Gasteiger partial charge in [0.05, 0.1) is 5.52 Å². The molecular formula is C23H28N4O2. The van der Waals surface area contributed by atoms with Gasteiger partial charge in [0.15, 0.2) is 5.69 Å². The number of carbonyl (C=O) groups excluding carboxylic acids is 2. The summed E-state index contributed by atoms with van der Waals surface area (Å²) in [5.74, 6) is -0.159. The summed E-state index contributed by atoms with van der Waals surface area (Å²) in [7, 11) is 1.77. The van der Waals surface area contributed by atoms with Crippen LogP contribution >= 0.6 is 0 Å². The molecule has 0 aliphatic heterocycles. The fourth-order valence-electron chi connectivity index (χ4n) is 3.25. The van der Waals surface area contributed by atoms with Crippen LogP contribution in [0.25, 0.3) is 5.52 Å². The highest BCUT2D eigenvalue weighted by Crippen LogP contribution is 2.15. The minimum Gasteiger partial charge on any atom is -0.351 e. The Hall–Kier alpha value is -3.15. The molecule has 0 spiro atoms. The first-order valence-electron chi connectivity index (χ1n) is 10.2. The largest absolute Gasteiger partial charge is 0.351 e. The second kappa shape index (κ2) is 9.87. The predicted octanol–water partition coefficient (Wildman–Crippen LogP) is 3.57. The fourth-order valence-corrected chi connectivity index (χ4v) is 3.25. The van der Waals surface area contributed by atoms with Crippen LogP contribution in [0.5, 0.6) is 0 Å². The maximum Gasteiger partial charge on any atom is 0.289 e. The van der Waals surface area contributed by atoms with Gasteiger partial charge in [-0.2, -0.15) is 0 Å². The number of nitrogens with one attached hydrogen (secondary N) is 1. The molecule has 0 fully saturated rings. The van der Waals surface area contributed by atoms with E-state index in [0.29, 0.717) is 18.6 Å². The molecule has 0 atom stereocenters. The molecule has 3 rings (SSSR count). The Bertz CT molecular complexity index is 965. The van der Waals surface area contributed by atoms with E-state index in [-0.39, 0.29) is 23.3 Å². The summed E-state index contributed by atoms with van der Waals surface area (Å²) in [6.07, 6.45) is 5.45. The molecule has 0 aliphatic carbocycles. The van der Waals surface area contributed by atoms with Crippen LogP contribution < -0.4 is 5.32 Å². The lowest BCUT2D eigenvalue weighted by Gasteiger charge is -2.15. The Labute approximate surface area is 171 Å². The lowest BCUT2D eigenvalue weighted by molar-refractivity contribution is 0.0780. The van der Waals surface area contributed by atoms with E-state index < -0.39 is 0 Å². The van der Waals surface area contributed by atoms with Gasteiger partial charge in [0.1, 0.15) is 0 Å². The van der Waals surface area contributed by atoms with Crippen molar-refractivity contribution in [3.63, 3.8) is 0 Å².